The molecule has 0 aliphatic heterocycles. The number of carbonyl (C=O) groups is 1. The Kier molecular flexibility index (Phi) is 6.11. The van der Waals surface area contributed by atoms with Crippen LogP contribution in [0.4, 0.5) is 5.82 Å². The molecule has 0 saturated carbocycles. The number of carbonyl (C=O) groups excluding carboxylic acids is 1. The predicted octanol–water partition coefficient (Wildman–Crippen LogP) is 2.17. The third-order valence-corrected chi connectivity index (χ3v) is 2.69. The van der Waals surface area contributed by atoms with E-state index in [0.29, 0.717) is 18.1 Å². The molecule has 5 heteroatoms. The molecule has 0 fully saturated rings. The summed E-state index contributed by atoms with van der Waals surface area (Å²) in [6, 6.07) is 3.51. The second-order valence-electron chi connectivity index (χ2n) is 4.07. The van der Waals surface area contributed by atoms with Gasteiger partial charge in [-0.2, -0.15) is 0 Å². The number of nitrogens with one attached hydrogen (secondary N) is 1. The van der Waals surface area contributed by atoms with Gasteiger partial charge in [-0.15, -0.1) is 10.2 Å². The Morgan fingerprint density at radius 3 is 2.56 bits per heavy atom. The highest BCUT2D eigenvalue weighted by molar-refractivity contribution is 5.92. The SMILES string of the molecule is CCCCN(CC)C(=O)c1ccc(NCC)nn1. The van der Waals surface area contributed by atoms with E-state index >= 15 is 0 Å². The van der Waals surface area contributed by atoms with Gasteiger partial charge in [0.15, 0.2) is 5.69 Å². The standard InChI is InChI=1S/C13H22N4O/c1-4-7-10-17(6-3)13(18)11-8-9-12(14-5-2)16-15-11/h8-9H,4-7,10H2,1-3H3,(H,14,16). The Morgan fingerprint density at radius 2 is 2.06 bits per heavy atom. The van der Waals surface area contributed by atoms with Gasteiger partial charge in [0.25, 0.3) is 5.91 Å². The van der Waals surface area contributed by atoms with Gasteiger partial charge in [-0.1, -0.05) is 13.3 Å². The molecule has 0 radical (unpaired) electrons. The number of rotatable bonds is 7. The lowest BCUT2D eigenvalue weighted by molar-refractivity contribution is 0.0755. The normalized spacial score (nSPS) is 10.2. The number of hydrogen-bond donors (Lipinski definition) is 1. The molecule has 0 bridgehead atoms. The zero-order valence-corrected chi connectivity index (χ0v) is 11.4. The highest BCUT2D eigenvalue weighted by Gasteiger charge is 2.15. The van der Waals surface area contributed by atoms with E-state index in [9.17, 15) is 4.79 Å². The molecular formula is C13H22N4O. The van der Waals surface area contributed by atoms with Crippen LogP contribution in [-0.4, -0.2) is 40.6 Å². The van der Waals surface area contributed by atoms with E-state index in [2.05, 4.69) is 22.4 Å². The van der Waals surface area contributed by atoms with Gasteiger partial charge in [0.2, 0.25) is 0 Å². The fourth-order valence-corrected chi connectivity index (χ4v) is 1.64. The van der Waals surface area contributed by atoms with Crippen molar-refractivity contribution < 1.29 is 4.79 Å². The van der Waals surface area contributed by atoms with E-state index in [1.54, 1.807) is 17.0 Å². The average Bonchev–Trinajstić information content (AvgIpc) is 2.40. The van der Waals surface area contributed by atoms with Crippen molar-refractivity contribution in [2.45, 2.75) is 33.6 Å². The van der Waals surface area contributed by atoms with Gasteiger partial charge in [0, 0.05) is 19.6 Å². The molecule has 18 heavy (non-hydrogen) atoms. The molecule has 1 heterocycles. The summed E-state index contributed by atoms with van der Waals surface area (Å²) >= 11 is 0. The summed E-state index contributed by atoms with van der Waals surface area (Å²) in [4.78, 5) is 14.0. The fourth-order valence-electron chi connectivity index (χ4n) is 1.64. The zero-order chi connectivity index (χ0) is 13.4. The van der Waals surface area contributed by atoms with Crippen molar-refractivity contribution in [1.82, 2.24) is 15.1 Å². The number of nitrogens with zero attached hydrogens (tertiary/aromatic N) is 3. The lowest BCUT2D eigenvalue weighted by Gasteiger charge is -2.19. The summed E-state index contributed by atoms with van der Waals surface area (Å²) in [5.74, 6) is 0.659. The summed E-state index contributed by atoms with van der Waals surface area (Å²) in [6.07, 6.45) is 2.09. The minimum atomic E-state index is -0.0403. The highest BCUT2D eigenvalue weighted by atomic mass is 16.2. The second kappa shape index (κ2) is 7.63. The van der Waals surface area contributed by atoms with Gasteiger partial charge in [-0.3, -0.25) is 4.79 Å². The van der Waals surface area contributed by atoms with E-state index in [0.717, 1.165) is 25.9 Å². The van der Waals surface area contributed by atoms with Crippen LogP contribution in [-0.2, 0) is 0 Å². The van der Waals surface area contributed by atoms with Crippen LogP contribution in [0.25, 0.3) is 0 Å². The number of anilines is 1. The molecule has 1 N–H and O–H groups in total. The van der Waals surface area contributed by atoms with Crippen molar-refractivity contribution in [2.75, 3.05) is 25.0 Å². The van der Waals surface area contributed by atoms with Crippen LogP contribution in [0.15, 0.2) is 12.1 Å². The molecule has 5 nitrogen and oxygen atoms in total. The molecular weight excluding hydrogens is 228 g/mol. The van der Waals surface area contributed by atoms with Gasteiger partial charge in [-0.25, -0.2) is 0 Å². The first kappa shape index (κ1) is 14.4. The smallest absolute Gasteiger partial charge is 0.274 e. The Labute approximate surface area is 109 Å². The van der Waals surface area contributed by atoms with Crippen molar-refractivity contribution in [3.05, 3.63) is 17.8 Å². The molecule has 0 spiro atoms. The van der Waals surface area contributed by atoms with Gasteiger partial charge in [0.1, 0.15) is 5.82 Å². The maximum absolute atomic E-state index is 12.2. The Morgan fingerprint density at radius 1 is 1.28 bits per heavy atom. The summed E-state index contributed by atoms with van der Waals surface area (Å²) < 4.78 is 0. The van der Waals surface area contributed by atoms with Crippen molar-refractivity contribution in [2.24, 2.45) is 0 Å². The lowest BCUT2D eigenvalue weighted by atomic mass is 10.2. The Balaban J connectivity index is 2.69. The van der Waals surface area contributed by atoms with Crippen molar-refractivity contribution in [1.29, 1.82) is 0 Å². The van der Waals surface area contributed by atoms with Gasteiger partial charge in [0.05, 0.1) is 0 Å². The monoisotopic (exact) mass is 250 g/mol. The van der Waals surface area contributed by atoms with Crippen molar-refractivity contribution >= 4 is 11.7 Å². The summed E-state index contributed by atoms with van der Waals surface area (Å²) in [7, 11) is 0. The largest absolute Gasteiger partial charge is 0.369 e. The van der Waals surface area contributed by atoms with Crippen LogP contribution in [0, 0.1) is 0 Å². The first-order valence-electron chi connectivity index (χ1n) is 6.59. The summed E-state index contributed by atoms with van der Waals surface area (Å²) in [6.45, 7) is 8.36. The molecule has 1 amide bonds. The molecule has 0 aliphatic rings. The molecule has 0 aromatic carbocycles. The average molecular weight is 250 g/mol. The predicted molar refractivity (Wildman–Crippen MR) is 72.7 cm³/mol. The van der Waals surface area contributed by atoms with Gasteiger partial charge in [-0.05, 0) is 32.4 Å². The second-order valence-corrected chi connectivity index (χ2v) is 4.07. The molecule has 0 atom stereocenters. The highest BCUT2D eigenvalue weighted by Crippen LogP contribution is 2.06. The van der Waals surface area contributed by atoms with E-state index in [4.69, 9.17) is 0 Å². The maximum Gasteiger partial charge on any atom is 0.274 e. The molecule has 0 unspecified atom stereocenters. The summed E-state index contributed by atoms with van der Waals surface area (Å²) in [5.41, 5.74) is 0.412. The molecule has 1 aromatic heterocycles. The molecule has 0 aliphatic carbocycles. The number of unbranched alkanes of at least 4 members (excludes halogenated alkanes) is 1. The van der Waals surface area contributed by atoms with E-state index < -0.39 is 0 Å². The van der Waals surface area contributed by atoms with Crippen LogP contribution >= 0.6 is 0 Å². The van der Waals surface area contributed by atoms with E-state index in [-0.39, 0.29) is 5.91 Å². The third-order valence-electron chi connectivity index (χ3n) is 2.69. The minimum absolute atomic E-state index is 0.0403. The third kappa shape index (κ3) is 3.98. The molecule has 1 aromatic rings. The Bertz CT molecular complexity index is 364. The summed E-state index contributed by atoms with van der Waals surface area (Å²) in [5, 5.41) is 11.0. The maximum atomic E-state index is 12.2. The Hall–Kier alpha value is -1.65. The van der Waals surface area contributed by atoms with Crippen LogP contribution in [0.2, 0.25) is 0 Å². The van der Waals surface area contributed by atoms with Crippen LogP contribution in [0.3, 0.4) is 0 Å². The molecule has 100 valence electrons. The minimum Gasteiger partial charge on any atom is -0.369 e. The lowest BCUT2D eigenvalue weighted by Crippen LogP contribution is -2.32. The fraction of sp³-hybridized carbons (Fsp3) is 0.615. The van der Waals surface area contributed by atoms with Crippen LogP contribution in [0.5, 0.6) is 0 Å². The van der Waals surface area contributed by atoms with Crippen molar-refractivity contribution in [3.8, 4) is 0 Å². The van der Waals surface area contributed by atoms with Crippen LogP contribution < -0.4 is 5.32 Å². The molecule has 0 saturated heterocycles. The molecule has 1 rings (SSSR count). The van der Waals surface area contributed by atoms with Gasteiger partial charge < -0.3 is 10.2 Å². The topological polar surface area (TPSA) is 58.1 Å². The van der Waals surface area contributed by atoms with Gasteiger partial charge >= 0.3 is 0 Å². The van der Waals surface area contributed by atoms with E-state index in [1.165, 1.54) is 0 Å². The quantitative estimate of drug-likeness (QED) is 0.805. The first-order valence-corrected chi connectivity index (χ1v) is 6.59. The van der Waals surface area contributed by atoms with E-state index in [1.807, 2.05) is 13.8 Å². The van der Waals surface area contributed by atoms with Crippen LogP contribution in [0.1, 0.15) is 44.1 Å². The van der Waals surface area contributed by atoms with Crippen molar-refractivity contribution in [3.63, 3.8) is 0 Å². The number of hydrogen-bond acceptors (Lipinski definition) is 4. The zero-order valence-electron chi connectivity index (χ0n) is 11.4. The number of aromatic nitrogens is 2. The number of amides is 1. The first-order chi connectivity index (χ1) is 8.72.